The van der Waals surface area contributed by atoms with E-state index < -0.39 is 0 Å². The van der Waals surface area contributed by atoms with E-state index in [-0.39, 0.29) is 0 Å². The summed E-state index contributed by atoms with van der Waals surface area (Å²) >= 11 is 8.02. The highest BCUT2D eigenvalue weighted by atomic mass is 127. The molecule has 1 heterocycles. The predicted octanol–water partition coefficient (Wildman–Crippen LogP) is 3.19. The highest BCUT2D eigenvalue weighted by molar-refractivity contribution is 14.1. The number of nitrogens with zero attached hydrogens (tertiary/aromatic N) is 2. The molecule has 0 saturated carbocycles. The molecule has 0 aliphatic heterocycles. The number of aromatic nitrogens is 2. The van der Waals surface area contributed by atoms with Crippen LogP contribution in [0.2, 0.25) is 5.02 Å². The SMILES string of the molecule is Clc1ccc(Cn2ccnc2I)cc1. The smallest absolute Gasteiger partial charge is 0.171 e. The van der Waals surface area contributed by atoms with Gasteiger partial charge in [-0.25, -0.2) is 4.98 Å². The van der Waals surface area contributed by atoms with Crippen LogP contribution in [0.25, 0.3) is 0 Å². The lowest BCUT2D eigenvalue weighted by atomic mass is 10.2. The summed E-state index contributed by atoms with van der Waals surface area (Å²) in [6, 6.07) is 7.86. The van der Waals surface area contributed by atoms with Gasteiger partial charge in [0.15, 0.2) is 3.83 Å². The summed E-state index contributed by atoms with van der Waals surface area (Å²) in [4.78, 5) is 4.15. The Kier molecular flexibility index (Phi) is 3.08. The van der Waals surface area contributed by atoms with E-state index >= 15 is 0 Å². The number of hydrogen-bond acceptors (Lipinski definition) is 1. The molecule has 72 valence electrons. The highest BCUT2D eigenvalue weighted by Gasteiger charge is 1.99. The largest absolute Gasteiger partial charge is 0.322 e. The Morgan fingerprint density at radius 1 is 1.29 bits per heavy atom. The van der Waals surface area contributed by atoms with Crippen LogP contribution in [0, 0.1) is 3.83 Å². The molecular weight excluding hydrogens is 310 g/mol. The number of benzene rings is 1. The molecule has 0 amide bonds. The maximum Gasteiger partial charge on any atom is 0.171 e. The topological polar surface area (TPSA) is 17.8 Å². The fourth-order valence-electron chi connectivity index (χ4n) is 1.22. The molecule has 0 unspecified atom stereocenters. The molecule has 0 atom stereocenters. The van der Waals surface area contributed by atoms with Gasteiger partial charge in [0.05, 0.1) is 0 Å². The summed E-state index contributed by atoms with van der Waals surface area (Å²) < 4.78 is 3.08. The molecule has 0 aliphatic carbocycles. The van der Waals surface area contributed by atoms with Crippen LogP contribution in [-0.4, -0.2) is 9.55 Å². The quantitative estimate of drug-likeness (QED) is 0.778. The van der Waals surface area contributed by atoms with E-state index in [9.17, 15) is 0 Å². The number of imidazole rings is 1. The summed E-state index contributed by atoms with van der Waals surface area (Å²) in [5, 5.41) is 0.772. The van der Waals surface area contributed by atoms with Crippen molar-refractivity contribution in [3.8, 4) is 0 Å². The third-order valence-corrected chi connectivity index (χ3v) is 3.08. The Bertz CT molecular complexity index is 422. The molecule has 0 N–H and O–H groups in total. The zero-order valence-corrected chi connectivity index (χ0v) is 10.2. The van der Waals surface area contributed by atoms with Crippen LogP contribution in [0.15, 0.2) is 36.7 Å². The Labute approximate surface area is 101 Å². The van der Waals surface area contributed by atoms with Crippen molar-refractivity contribution in [3.63, 3.8) is 0 Å². The van der Waals surface area contributed by atoms with Crippen molar-refractivity contribution >= 4 is 34.2 Å². The van der Waals surface area contributed by atoms with Gasteiger partial charge in [-0.05, 0) is 40.3 Å². The molecule has 14 heavy (non-hydrogen) atoms. The van der Waals surface area contributed by atoms with E-state index in [0.29, 0.717) is 0 Å². The fourth-order valence-corrected chi connectivity index (χ4v) is 1.83. The average molecular weight is 319 g/mol. The summed E-state index contributed by atoms with van der Waals surface area (Å²) in [7, 11) is 0. The maximum absolute atomic E-state index is 5.80. The molecule has 0 saturated heterocycles. The molecule has 4 heteroatoms. The molecule has 0 aliphatic rings. The summed E-state index contributed by atoms with van der Waals surface area (Å²) in [5.74, 6) is 0. The van der Waals surface area contributed by atoms with Crippen LogP contribution < -0.4 is 0 Å². The number of halogens is 2. The standard InChI is InChI=1S/C10H8ClIN2/c11-9-3-1-8(2-4-9)7-14-6-5-13-10(14)12/h1-6H,7H2. The average Bonchev–Trinajstić information content (AvgIpc) is 2.56. The molecule has 1 aromatic carbocycles. The van der Waals surface area contributed by atoms with Crippen molar-refractivity contribution in [2.24, 2.45) is 0 Å². The van der Waals surface area contributed by atoms with Crippen LogP contribution >= 0.6 is 34.2 Å². The normalized spacial score (nSPS) is 10.4. The van der Waals surface area contributed by atoms with E-state index in [0.717, 1.165) is 15.4 Å². The van der Waals surface area contributed by atoms with Gasteiger partial charge in [0.25, 0.3) is 0 Å². The van der Waals surface area contributed by atoms with Crippen molar-refractivity contribution in [1.29, 1.82) is 0 Å². The first kappa shape index (κ1) is 9.98. The molecule has 0 spiro atoms. The Hall–Kier alpha value is -0.550. The van der Waals surface area contributed by atoms with Crippen molar-refractivity contribution in [1.82, 2.24) is 9.55 Å². The lowest BCUT2D eigenvalue weighted by molar-refractivity contribution is 0.772. The Balaban J connectivity index is 2.19. The molecule has 0 radical (unpaired) electrons. The first-order valence-electron chi connectivity index (χ1n) is 4.17. The number of hydrogen-bond donors (Lipinski definition) is 0. The molecule has 2 nitrogen and oxygen atoms in total. The van der Waals surface area contributed by atoms with Crippen molar-refractivity contribution < 1.29 is 0 Å². The first-order valence-corrected chi connectivity index (χ1v) is 5.62. The monoisotopic (exact) mass is 318 g/mol. The van der Waals surface area contributed by atoms with Gasteiger partial charge in [-0.1, -0.05) is 23.7 Å². The zero-order chi connectivity index (χ0) is 9.97. The van der Waals surface area contributed by atoms with E-state index in [1.165, 1.54) is 5.56 Å². The first-order chi connectivity index (χ1) is 6.75. The Morgan fingerprint density at radius 3 is 2.57 bits per heavy atom. The fraction of sp³-hybridized carbons (Fsp3) is 0.100. The second-order valence-corrected chi connectivity index (χ2v) is 4.35. The minimum atomic E-state index is 0.772. The molecule has 2 rings (SSSR count). The number of rotatable bonds is 2. The lowest BCUT2D eigenvalue weighted by Gasteiger charge is -2.03. The van der Waals surface area contributed by atoms with Gasteiger partial charge in [-0.2, -0.15) is 0 Å². The molecule has 1 aromatic heterocycles. The van der Waals surface area contributed by atoms with Gasteiger partial charge in [-0.3, -0.25) is 0 Å². The van der Waals surface area contributed by atoms with E-state index in [4.69, 9.17) is 11.6 Å². The van der Waals surface area contributed by atoms with Crippen LogP contribution in [0.1, 0.15) is 5.56 Å². The maximum atomic E-state index is 5.80. The van der Waals surface area contributed by atoms with E-state index in [1.54, 1.807) is 6.20 Å². The van der Waals surface area contributed by atoms with Gasteiger partial charge in [0, 0.05) is 24.0 Å². The van der Waals surface area contributed by atoms with Crippen molar-refractivity contribution in [3.05, 3.63) is 51.1 Å². The molecule has 2 aromatic rings. The van der Waals surface area contributed by atoms with Crippen LogP contribution in [0.5, 0.6) is 0 Å². The minimum absolute atomic E-state index is 0.772. The summed E-state index contributed by atoms with van der Waals surface area (Å²) in [6.07, 6.45) is 3.77. The summed E-state index contributed by atoms with van der Waals surface area (Å²) in [5.41, 5.74) is 1.23. The van der Waals surface area contributed by atoms with Crippen molar-refractivity contribution in [2.75, 3.05) is 0 Å². The molecular formula is C10H8ClIN2. The zero-order valence-electron chi connectivity index (χ0n) is 7.32. The molecule has 0 fully saturated rings. The van der Waals surface area contributed by atoms with Gasteiger partial charge >= 0.3 is 0 Å². The third-order valence-electron chi connectivity index (χ3n) is 1.93. The predicted molar refractivity (Wildman–Crippen MR) is 65.5 cm³/mol. The molecule has 0 bridgehead atoms. The lowest BCUT2D eigenvalue weighted by Crippen LogP contribution is -2.00. The Morgan fingerprint density at radius 2 is 2.00 bits per heavy atom. The second kappa shape index (κ2) is 4.31. The minimum Gasteiger partial charge on any atom is -0.322 e. The van der Waals surface area contributed by atoms with Crippen molar-refractivity contribution in [2.45, 2.75) is 6.54 Å². The second-order valence-electron chi connectivity index (χ2n) is 2.95. The van der Waals surface area contributed by atoms with Crippen LogP contribution in [0.4, 0.5) is 0 Å². The summed E-state index contributed by atoms with van der Waals surface area (Å²) in [6.45, 7) is 0.843. The van der Waals surface area contributed by atoms with Gasteiger partial charge in [0.1, 0.15) is 0 Å². The highest BCUT2D eigenvalue weighted by Crippen LogP contribution is 2.12. The van der Waals surface area contributed by atoms with Crippen LogP contribution in [-0.2, 0) is 6.54 Å². The van der Waals surface area contributed by atoms with Gasteiger partial charge in [0.2, 0.25) is 0 Å². The van der Waals surface area contributed by atoms with Crippen LogP contribution in [0.3, 0.4) is 0 Å². The van der Waals surface area contributed by atoms with Gasteiger partial charge in [-0.15, -0.1) is 0 Å². The van der Waals surface area contributed by atoms with E-state index in [1.807, 2.05) is 30.5 Å². The van der Waals surface area contributed by atoms with Gasteiger partial charge < -0.3 is 4.57 Å². The third kappa shape index (κ3) is 2.27. The van der Waals surface area contributed by atoms with E-state index in [2.05, 4.69) is 32.1 Å².